The van der Waals surface area contributed by atoms with Gasteiger partial charge < -0.3 is 9.14 Å². The lowest BCUT2D eigenvalue weighted by Gasteiger charge is -2.05. The SMILES string of the molecule is CCOc1ccc(S(=O)(=O)N/N=C\c2c(C)c(C(=O)c3ccc(F)cc3)n3ccccc23)cc1. The van der Waals surface area contributed by atoms with E-state index >= 15 is 0 Å². The number of hydrazone groups is 1. The predicted octanol–water partition coefficient (Wildman–Crippen LogP) is 4.33. The van der Waals surface area contributed by atoms with Gasteiger partial charge in [0.25, 0.3) is 10.0 Å². The minimum Gasteiger partial charge on any atom is -0.494 e. The van der Waals surface area contributed by atoms with E-state index in [1.807, 2.05) is 13.0 Å². The standard InChI is InChI=1S/C25H22FN3O4S/c1-3-33-20-11-13-21(14-12-20)34(31,32)28-27-16-22-17(2)24(29-15-5-4-6-23(22)29)25(30)18-7-9-19(26)10-8-18/h4-16,28H,3H2,1-2H3/b27-16-. The first-order chi connectivity index (χ1) is 16.3. The summed E-state index contributed by atoms with van der Waals surface area (Å²) in [5.74, 6) is -0.145. The van der Waals surface area contributed by atoms with E-state index in [2.05, 4.69) is 9.93 Å². The van der Waals surface area contributed by atoms with Crippen molar-refractivity contribution in [2.75, 3.05) is 6.61 Å². The number of ketones is 1. The third-order valence-corrected chi connectivity index (χ3v) is 6.51. The van der Waals surface area contributed by atoms with Crippen LogP contribution in [0, 0.1) is 12.7 Å². The minimum absolute atomic E-state index is 0.0405. The first-order valence-corrected chi connectivity index (χ1v) is 12.0. The van der Waals surface area contributed by atoms with Crippen LogP contribution in [0.15, 0.2) is 82.9 Å². The molecule has 0 aliphatic carbocycles. The van der Waals surface area contributed by atoms with Crippen LogP contribution in [0.5, 0.6) is 5.75 Å². The third kappa shape index (κ3) is 4.55. The number of halogens is 1. The molecule has 1 N–H and O–H groups in total. The Morgan fingerprint density at radius 3 is 2.47 bits per heavy atom. The second-order valence-corrected chi connectivity index (χ2v) is 9.10. The third-order valence-electron chi connectivity index (χ3n) is 5.27. The van der Waals surface area contributed by atoms with Crippen LogP contribution in [-0.2, 0) is 10.0 Å². The van der Waals surface area contributed by atoms with Crippen molar-refractivity contribution in [1.82, 2.24) is 9.23 Å². The first-order valence-electron chi connectivity index (χ1n) is 10.5. The Bertz CT molecular complexity index is 1480. The largest absolute Gasteiger partial charge is 0.494 e. The molecule has 4 rings (SSSR count). The van der Waals surface area contributed by atoms with Gasteiger partial charge in [0.15, 0.2) is 0 Å². The molecule has 0 saturated heterocycles. The predicted molar refractivity (Wildman–Crippen MR) is 127 cm³/mol. The van der Waals surface area contributed by atoms with Gasteiger partial charge in [-0.15, -0.1) is 0 Å². The highest BCUT2D eigenvalue weighted by atomic mass is 32.2. The van der Waals surface area contributed by atoms with Crippen LogP contribution >= 0.6 is 0 Å². The average Bonchev–Trinajstić information content (AvgIpc) is 3.11. The number of rotatable bonds is 8. The Morgan fingerprint density at radius 1 is 1.09 bits per heavy atom. The van der Waals surface area contributed by atoms with Crippen molar-refractivity contribution in [3.8, 4) is 5.75 Å². The number of carbonyl (C=O) groups is 1. The van der Waals surface area contributed by atoms with Crippen molar-refractivity contribution in [2.45, 2.75) is 18.7 Å². The summed E-state index contributed by atoms with van der Waals surface area (Å²) in [4.78, 5) is 15.4. The summed E-state index contributed by atoms with van der Waals surface area (Å²) < 4.78 is 45.6. The Balaban J connectivity index is 1.65. The van der Waals surface area contributed by atoms with Gasteiger partial charge in [-0.25, -0.2) is 9.22 Å². The van der Waals surface area contributed by atoms with E-state index < -0.39 is 15.8 Å². The van der Waals surface area contributed by atoms with Crippen LogP contribution in [0.4, 0.5) is 4.39 Å². The van der Waals surface area contributed by atoms with Gasteiger partial charge in [-0.2, -0.15) is 13.5 Å². The van der Waals surface area contributed by atoms with E-state index in [9.17, 15) is 17.6 Å². The van der Waals surface area contributed by atoms with Crippen molar-refractivity contribution in [1.29, 1.82) is 0 Å². The van der Waals surface area contributed by atoms with Gasteiger partial charge in [0.1, 0.15) is 11.6 Å². The number of fused-ring (bicyclic) bond motifs is 1. The lowest BCUT2D eigenvalue weighted by molar-refractivity contribution is 0.103. The summed E-state index contributed by atoms with van der Waals surface area (Å²) in [5.41, 5.74) is 2.60. The van der Waals surface area contributed by atoms with E-state index in [0.29, 0.717) is 40.3 Å². The summed E-state index contributed by atoms with van der Waals surface area (Å²) in [6, 6.07) is 16.7. The molecule has 4 aromatic rings. The van der Waals surface area contributed by atoms with Gasteiger partial charge >= 0.3 is 0 Å². The molecule has 174 valence electrons. The van der Waals surface area contributed by atoms with E-state index in [-0.39, 0.29) is 10.7 Å². The molecule has 0 bridgehead atoms. The lowest BCUT2D eigenvalue weighted by atomic mass is 10.0. The van der Waals surface area contributed by atoms with E-state index in [1.165, 1.54) is 42.6 Å². The number of pyridine rings is 1. The van der Waals surface area contributed by atoms with Crippen molar-refractivity contribution < 1.29 is 22.3 Å². The summed E-state index contributed by atoms with van der Waals surface area (Å²) in [7, 11) is -3.90. The number of sulfonamides is 1. The number of hydrogen-bond acceptors (Lipinski definition) is 5. The minimum atomic E-state index is -3.90. The quantitative estimate of drug-likeness (QED) is 0.231. The molecule has 2 heterocycles. The smallest absolute Gasteiger partial charge is 0.276 e. The summed E-state index contributed by atoms with van der Waals surface area (Å²) in [5, 5.41) is 3.95. The van der Waals surface area contributed by atoms with Gasteiger partial charge in [-0.3, -0.25) is 4.79 Å². The molecule has 2 aromatic heterocycles. The fourth-order valence-corrected chi connectivity index (χ4v) is 4.42. The maximum atomic E-state index is 13.3. The van der Waals surface area contributed by atoms with Crippen LogP contribution in [0.2, 0.25) is 0 Å². The molecule has 9 heteroatoms. The average molecular weight is 480 g/mol. The Hall–Kier alpha value is -3.98. The summed E-state index contributed by atoms with van der Waals surface area (Å²) in [6.45, 7) is 4.07. The molecule has 0 unspecified atom stereocenters. The fourth-order valence-electron chi connectivity index (χ4n) is 3.63. The molecule has 0 aliphatic rings. The molecular formula is C25H22FN3O4S. The molecular weight excluding hydrogens is 457 g/mol. The number of ether oxygens (including phenoxy) is 1. The van der Waals surface area contributed by atoms with Gasteiger partial charge in [0, 0.05) is 17.3 Å². The number of nitrogens with one attached hydrogen (secondary N) is 1. The van der Waals surface area contributed by atoms with E-state index in [0.717, 1.165) is 0 Å². The molecule has 0 atom stereocenters. The zero-order chi connectivity index (χ0) is 24.3. The number of aromatic nitrogens is 1. The second-order valence-electron chi connectivity index (χ2n) is 7.44. The Kier molecular flexibility index (Phi) is 6.47. The Morgan fingerprint density at radius 2 is 1.79 bits per heavy atom. The summed E-state index contributed by atoms with van der Waals surface area (Å²) in [6.07, 6.45) is 3.11. The molecule has 0 spiro atoms. The summed E-state index contributed by atoms with van der Waals surface area (Å²) >= 11 is 0. The number of nitrogens with zero attached hydrogens (tertiary/aromatic N) is 2. The van der Waals surface area contributed by atoms with Crippen molar-refractivity contribution in [3.05, 3.63) is 101 Å². The number of carbonyl (C=O) groups excluding carboxylic acids is 1. The van der Waals surface area contributed by atoms with Crippen LogP contribution in [0.1, 0.15) is 34.1 Å². The normalized spacial score (nSPS) is 11.7. The molecule has 0 fully saturated rings. The monoisotopic (exact) mass is 479 g/mol. The van der Waals surface area contributed by atoms with Crippen LogP contribution in [0.25, 0.3) is 5.52 Å². The number of benzene rings is 2. The molecule has 0 saturated carbocycles. The van der Waals surface area contributed by atoms with E-state index in [4.69, 9.17) is 4.74 Å². The maximum absolute atomic E-state index is 13.3. The molecule has 0 amide bonds. The van der Waals surface area contributed by atoms with Crippen molar-refractivity contribution in [2.24, 2.45) is 5.10 Å². The molecule has 2 aromatic carbocycles. The zero-order valence-corrected chi connectivity index (χ0v) is 19.3. The van der Waals surface area contributed by atoms with Gasteiger partial charge in [-0.1, -0.05) is 6.07 Å². The molecule has 0 aliphatic heterocycles. The van der Waals surface area contributed by atoms with Crippen LogP contribution < -0.4 is 9.57 Å². The highest BCUT2D eigenvalue weighted by Crippen LogP contribution is 2.24. The molecule has 7 nitrogen and oxygen atoms in total. The molecule has 34 heavy (non-hydrogen) atoms. The highest BCUT2D eigenvalue weighted by Gasteiger charge is 2.21. The molecule has 0 radical (unpaired) electrons. The number of hydrogen-bond donors (Lipinski definition) is 1. The van der Waals surface area contributed by atoms with E-state index in [1.54, 1.807) is 41.8 Å². The van der Waals surface area contributed by atoms with Gasteiger partial charge in [-0.05, 0) is 80.1 Å². The fraction of sp³-hybridized carbons (Fsp3) is 0.120. The second kappa shape index (κ2) is 9.48. The highest BCUT2D eigenvalue weighted by molar-refractivity contribution is 7.89. The van der Waals surface area contributed by atoms with Gasteiger partial charge in [0.05, 0.1) is 28.9 Å². The van der Waals surface area contributed by atoms with Crippen LogP contribution in [-0.4, -0.2) is 31.4 Å². The maximum Gasteiger partial charge on any atom is 0.276 e. The lowest BCUT2D eigenvalue weighted by Crippen LogP contribution is -2.18. The zero-order valence-electron chi connectivity index (χ0n) is 18.5. The topological polar surface area (TPSA) is 89.2 Å². The first kappa shape index (κ1) is 23.2. The van der Waals surface area contributed by atoms with Gasteiger partial charge in [0.2, 0.25) is 5.78 Å². The van der Waals surface area contributed by atoms with Crippen molar-refractivity contribution >= 4 is 27.5 Å². The Labute approximate surface area is 196 Å². The van der Waals surface area contributed by atoms with Crippen LogP contribution in [0.3, 0.4) is 0 Å². The van der Waals surface area contributed by atoms with Crippen molar-refractivity contribution in [3.63, 3.8) is 0 Å².